The van der Waals surface area contributed by atoms with E-state index in [0.29, 0.717) is 34.4 Å². The molecule has 0 saturated carbocycles. The van der Waals surface area contributed by atoms with Gasteiger partial charge < -0.3 is 0 Å². The average Bonchev–Trinajstić information content (AvgIpc) is 2.91. The minimum atomic E-state index is -4.97. The van der Waals surface area contributed by atoms with Gasteiger partial charge in [-0.1, -0.05) is 42.5 Å². The van der Waals surface area contributed by atoms with Gasteiger partial charge in [0.2, 0.25) is 0 Å². The first kappa shape index (κ1) is 27.2. The van der Waals surface area contributed by atoms with Crippen molar-refractivity contribution < 1.29 is 39.5 Å². The van der Waals surface area contributed by atoms with Gasteiger partial charge in [-0.15, -0.1) is 0 Å². The van der Waals surface area contributed by atoms with Crippen molar-refractivity contribution in [1.82, 2.24) is 4.98 Å². The average molecular weight is 561 g/mol. The maximum Gasteiger partial charge on any atom is 0.416 e. The highest BCUT2D eigenvalue weighted by molar-refractivity contribution is 5.91. The van der Waals surface area contributed by atoms with Crippen LogP contribution in [-0.2, 0) is 18.5 Å². The molecule has 204 valence electrons. The van der Waals surface area contributed by atoms with Gasteiger partial charge in [-0.05, 0) is 76.0 Å². The molecule has 1 heterocycles. The zero-order valence-corrected chi connectivity index (χ0v) is 20.1. The number of benzene rings is 4. The van der Waals surface area contributed by atoms with Crippen molar-refractivity contribution in [2.75, 3.05) is 0 Å². The molecule has 4 aromatic carbocycles. The van der Waals surface area contributed by atoms with E-state index in [4.69, 9.17) is 0 Å². The molecule has 0 amide bonds. The third-order valence-electron chi connectivity index (χ3n) is 6.37. The fourth-order valence-electron chi connectivity index (χ4n) is 4.30. The molecule has 0 atom stereocenters. The summed E-state index contributed by atoms with van der Waals surface area (Å²) in [7, 11) is 0. The van der Waals surface area contributed by atoms with Crippen LogP contribution < -0.4 is 0 Å². The van der Waals surface area contributed by atoms with Crippen molar-refractivity contribution >= 4 is 10.8 Å². The lowest BCUT2D eigenvalue weighted by Gasteiger charge is -2.14. The lowest BCUT2D eigenvalue weighted by atomic mass is 9.97. The van der Waals surface area contributed by atoms with Crippen LogP contribution in [0, 0.1) is 0 Å². The van der Waals surface area contributed by atoms with Crippen LogP contribution in [-0.4, -0.2) is 4.98 Å². The number of rotatable bonds is 3. The summed E-state index contributed by atoms with van der Waals surface area (Å²) in [5.41, 5.74) is -1.48. The molecule has 0 bridgehead atoms. The molecule has 10 heteroatoms. The number of aromatic nitrogens is 1. The number of nitrogens with zero attached hydrogens (tertiary/aromatic N) is 1. The second-order valence-electron chi connectivity index (χ2n) is 9.08. The monoisotopic (exact) mass is 561 g/mol. The lowest BCUT2D eigenvalue weighted by Crippen LogP contribution is -2.11. The fourth-order valence-corrected chi connectivity index (χ4v) is 4.30. The first-order valence-corrected chi connectivity index (χ1v) is 11.7. The van der Waals surface area contributed by atoms with E-state index < -0.39 is 35.2 Å². The molecule has 0 aliphatic heterocycles. The minimum Gasteiger partial charge on any atom is -0.256 e. The number of fused-ring (bicyclic) bond motifs is 1. The second-order valence-corrected chi connectivity index (χ2v) is 9.08. The summed E-state index contributed by atoms with van der Waals surface area (Å²) in [4.78, 5) is 4.12. The molecule has 40 heavy (non-hydrogen) atoms. The smallest absolute Gasteiger partial charge is 0.256 e. The summed E-state index contributed by atoms with van der Waals surface area (Å²) in [6.45, 7) is 0. The Morgan fingerprint density at radius 1 is 0.375 bits per heavy atom. The van der Waals surface area contributed by atoms with Gasteiger partial charge in [0.15, 0.2) is 0 Å². The Morgan fingerprint density at radius 2 is 0.850 bits per heavy atom. The van der Waals surface area contributed by atoms with E-state index in [1.807, 2.05) is 24.3 Å². The summed E-state index contributed by atoms with van der Waals surface area (Å²) in [5.74, 6) is 0. The molecule has 0 radical (unpaired) electrons. The van der Waals surface area contributed by atoms with Gasteiger partial charge in [0.25, 0.3) is 0 Å². The van der Waals surface area contributed by atoms with E-state index in [1.165, 1.54) is 30.5 Å². The van der Waals surface area contributed by atoms with Crippen molar-refractivity contribution in [1.29, 1.82) is 0 Å². The molecule has 1 aromatic heterocycles. The Balaban J connectivity index is 1.47. The first-order chi connectivity index (χ1) is 18.7. The maximum absolute atomic E-state index is 13.2. The van der Waals surface area contributed by atoms with Crippen molar-refractivity contribution in [2.24, 2.45) is 0 Å². The van der Waals surface area contributed by atoms with Crippen LogP contribution in [0.3, 0.4) is 0 Å². The van der Waals surface area contributed by atoms with Crippen molar-refractivity contribution in [3.63, 3.8) is 0 Å². The summed E-state index contributed by atoms with van der Waals surface area (Å²) in [6.07, 6.45) is -13.0. The molecule has 0 unspecified atom stereocenters. The Kier molecular flexibility index (Phi) is 6.60. The number of alkyl halides is 9. The van der Waals surface area contributed by atoms with E-state index in [2.05, 4.69) is 4.98 Å². The third kappa shape index (κ3) is 5.66. The summed E-state index contributed by atoms with van der Waals surface area (Å²) in [5, 5.41) is 1.62. The first-order valence-electron chi connectivity index (χ1n) is 11.7. The van der Waals surface area contributed by atoms with E-state index in [9.17, 15) is 39.5 Å². The molecule has 0 aliphatic rings. The summed E-state index contributed by atoms with van der Waals surface area (Å²) in [6, 6.07) is 19.8. The van der Waals surface area contributed by atoms with Gasteiger partial charge in [0.1, 0.15) is 0 Å². The molecule has 0 fully saturated rings. The van der Waals surface area contributed by atoms with Crippen LogP contribution in [0.5, 0.6) is 0 Å². The maximum atomic E-state index is 13.2. The number of hydrogen-bond acceptors (Lipinski definition) is 1. The van der Waals surface area contributed by atoms with Gasteiger partial charge in [-0.2, -0.15) is 39.5 Å². The van der Waals surface area contributed by atoms with Crippen LogP contribution in [0.15, 0.2) is 97.2 Å². The Labute approximate surface area is 221 Å². The molecule has 0 aliphatic carbocycles. The largest absolute Gasteiger partial charge is 0.416 e. The Morgan fingerprint density at radius 3 is 1.32 bits per heavy atom. The molecule has 1 nitrogen and oxygen atoms in total. The van der Waals surface area contributed by atoms with Gasteiger partial charge in [-0.25, -0.2) is 0 Å². The van der Waals surface area contributed by atoms with E-state index in [-0.39, 0.29) is 17.3 Å². The van der Waals surface area contributed by atoms with E-state index in [1.54, 1.807) is 12.1 Å². The van der Waals surface area contributed by atoms with Crippen molar-refractivity contribution in [2.45, 2.75) is 18.5 Å². The van der Waals surface area contributed by atoms with Crippen LogP contribution in [0.25, 0.3) is 44.3 Å². The highest BCUT2D eigenvalue weighted by Crippen LogP contribution is 2.39. The van der Waals surface area contributed by atoms with Crippen LogP contribution in [0.4, 0.5) is 39.5 Å². The predicted octanol–water partition coefficient (Wildman–Crippen LogP) is 10.3. The molecule has 0 saturated heterocycles. The molecular formula is C30H16F9N. The third-order valence-corrected chi connectivity index (χ3v) is 6.37. The van der Waals surface area contributed by atoms with Crippen LogP contribution in [0.1, 0.15) is 16.7 Å². The number of hydrogen-bond donors (Lipinski definition) is 0. The quantitative estimate of drug-likeness (QED) is 0.200. The van der Waals surface area contributed by atoms with E-state index in [0.717, 1.165) is 22.9 Å². The van der Waals surface area contributed by atoms with Crippen LogP contribution >= 0.6 is 0 Å². The second kappa shape index (κ2) is 9.69. The molecule has 5 aromatic rings. The predicted molar refractivity (Wildman–Crippen MR) is 133 cm³/mol. The standard InChI is InChI=1S/C30H16F9N/c31-28(32,33)24-8-5-17(6-9-24)19-3-1-18-2-4-20(12-22(18)11-19)21-7-10-27(40-16-21)23-13-25(29(34,35)36)15-26(14-23)30(37,38)39/h1-16H. The van der Waals surface area contributed by atoms with Gasteiger partial charge >= 0.3 is 18.5 Å². The van der Waals surface area contributed by atoms with Crippen LogP contribution in [0.2, 0.25) is 0 Å². The highest BCUT2D eigenvalue weighted by Gasteiger charge is 2.37. The van der Waals surface area contributed by atoms with Gasteiger partial charge in [-0.3, -0.25) is 4.98 Å². The Bertz CT molecular complexity index is 1650. The van der Waals surface area contributed by atoms with E-state index >= 15 is 0 Å². The molecular weight excluding hydrogens is 545 g/mol. The summed E-state index contributed by atoms with van der Waals surface area (Å²) < 4.78 is 118. The zero-order chi connectivity index (χ0) is 28.9. The molecule has 5 rings (SSSR count). The van der Waals surface area contributed by atoms with Gasteiger partial charge in [0, 0.05) is 17.3 Å². The van der Waals surface area contributed by atoms with Crippen molar-refractivity contribution in [3.8, 4) is 33.5 Å². The number of halogens is 9. The normalized spacial score (nSPS) is 12.6. The topological polar surface area (TPSA) is 12.9 Å². The molecule has 0 N–H and O–H groups in total. The zero-order valence-electron chi connectivity index (χ0n) is 20.1. The molecule has 0 spiro atoms. The Hall–Kier alpha value is -4.34. The SMILES string of the molecule is FC(F)(F)c1ccc(-c2ccc3ccc(-c4ccc(-c5cc(C(F)(F)F)cc(C(F)(F)F)c5)nc4)cc3c2)cc1. The fraction of sp³-hybridized carbons (Fsp3) is 0.100. The van der Waals surface area contributed by atoms with Gasteiger partial charge in [0.05, 0.1) is 22.4 Å². The summed E-state index contributed by atoms with van der Waals surface area (Å²) >= 11 is 0. The lowest BCUT2D eigenvalue weighted by molar-refractivity contribution is -0.143. The number of pyridine rings is 1. The van der Waals surface area contributed by atoms with Crippen molar-refractivity contribution in [3.05, 3.63) is 114 Å². The highest BCUT2D eigenvalue weighted by atomic mass is 19.4. The minimum absolute atomic E-state index is 0.0614.